The molecule has 90 valence electrons. The van der Waals surface area contributed by atoms with Crippen LogP contribution >= 0.6 is 0 Å². The Hall–Kier alpha value is -2.36. The lowest BCUT2D eigenvalue weighted by molar-refractivity contribution is 0.103. The zero-order valence-electron chi connectivity index (χ0n) is 9.94. The fourth-order valence-electron chi connectivity index (χ4n) is 2.20. The van der Waals surface area contributed by atoms with Crippen molar-refractivity contribution < 1.29 is 13.9 Å². The summed E-state index contributed by atoms with van der Waals surface area (Å²) in [5.74, 6) is 0.669. The van der Waals surface area contributed by atoms with Crippen molar-refractivity contribution in [2.75, 3.05) is 7.11 Å². The molecule has 0 N–H and O–H groups in total. The molecule has 1 aromatic heterocycles. The normalized spacial score (nSPS) is 12.2. The first kappa shape index (κ1) is 10.8. The molecule has 0 aliphatic heterocycles. The Kier molecular flexibility index (Phi) is 2.13. The fourth-order valence-corrected chi connectivity index (χ4v) is 2.20. The molecule has 18 heavy (non-hydrogen) atoms. The highest BCUT2D eigenvalue weighted by Crippen LogP contribution is 2.40. The standard InChI is InChI=1S/C14H10O4/c1-7-6-9-12(15)11-8(13(9)18-14(7)16)4-3-5-10(11)17-2/h3-6H,1-2H3. The minimum atomic E-state index is -0.419. The number of methoxy groups -OCH3 is 1. The Morgan fingerprint density at radius 2 is 1.94 bits per heavy atom. The van der Waals surface area contributed by atoms with Gasteiger partial charge in [0.25, 0.3) is 0 Å². The van der Waals surface area contributed by atoms with E-state index < -0.39 is 5.63 Å². The van der Waals surface area contributed by atoms with Crippen molar-refractivity contribution in [3.05, 3.63) is 51.4 Å². The fraction of sp³-hybridized carbons (Fsp3) is 0.143. The summed E-state index contributed by atoms with van der Waals surface area (Å²) in [6, 6.07) is 6.80. The summed E-state index contributed by atoms with van der Waals surface area (Å²) in [6.45, 7) is 1.62. The minimum absolute atomic E-state index is 0.163. The summed E-state index contributed by atoms with van der Waals surface area (Å²) in [6.07, 6.45) is 0. The number of carbonyl (C=O) groups excluding carboxylic acids is 1. The smallest absolute Gasteiger partial charge is 0.339 e. The Bertz CT molecular complexity index is 725. The van der Waals surface area contributed by atoms with Crippen molar-refractivity contribution in [2.24, 2.45) is 0 Å². The molecule has 4 heteroatoms. The highest BCUT2D eigenvalue weighted by Gasteiger charge is 2.32. The van der Waals surface area contributed by atoms with E-state index in [1.807, 2.05) is 0 Å². The number of hydrogen-bond donors (Lipinski definition) is 0. The maximum Gasteiger partial charge on any atom is 0.339 e. The van der Waals surface area contributed by atoms with Crippen LogP contribution in [0.2, 0.25) is 0 Å². The van der Waals surface area contributed by atoms with Gasteiger partial charge in [-0.2, -0.15) is 0 Å². The van der Waals surface area contributed by atoms with Gasteiger partial charge in [-0.3, -0.25) is 4.79 Å². The average molecular weight is 242 g/mol. The Morgan fingerprint density at radius 3 is 2.67 bits per heavy atom. The SMILES string of the molecule is COc1cccc2c1C(=O)c1cc(C)c(=O)oc1-2. The van der Waals surface area contributed by atoms with Crippen LogP contribution in [0.1, 0.15) is 21.5 Å². The van der Waals surface area contributed by atoms with Crippen molar-refractivity contribution in [1.29, 1.82) is 0 Å². The van der Waals surface area contributed by atoms with E-state index >= 15 is 0 Å². The van der Waals surface area contributed by atoms with Gasteiger partial charge >= 0.3 is 5.63 Å². The first-order valence-electron chi connectivity index (χ1n) is 5.50. The van der Waals surface area contributed by atoms with E-state index in [0.29, 0.717) is 33.8 Å². The number of ether oxygens (including phenoxy) is 1. The van der Waals surface area contributed by atoms with Gasteiger partial charge in [0.05, 0.1) is 18.2 Å². The molecule has 0 radical (unpaired) electrons. The number of carbonyl (C=O) groups is 1. The third-order valence-corrected chi connectivity index (χ3v) is 3.08. The highest BCUT2D eigenvalue weighted by molar-refractivity contribution is 6.22. The van der Waals surface area contributed by atoms with E-state index in [1.165, 1.54) is 7.11 Å². The van der Waals surface area contributed by atoms with E-state index in [0.717, 1.165) is 0 Å². The first-order chi connectivity index (χ1) is 8.63. The molecule has 1 heterocycles. The van der Waals surface area contributed by atoms with Gasteiger partial charge in [0.15, 0.2) is 5.76 Å². The monoisotopic (exact) mass is 242 g/mol. The van der Waals surface area contributed by atoms with E-state index in [4.69, 9.17) is 9.15 Å². The summed E-state index contributed by atoms with van der Waals surface area (Å²) < 4.78 is 10.4. The lowest BCUT2D eigenvalue weighted by Crippen LogP contribution is -2.05. The molecular weight excluding hydrogens is 232 g/mol. The third-order valence-electron chi connectivity index (χ3n) is 3.08. The number of rotatable bonds is 1. The molecule has 1 aromatic carbocycles. The second kappa shape index (κ2) is 3.57. The molecule has 3 rings (SSSR count). The summed E-state index contributed by atoms with van der Waals surface area (Å²) in [5.41, 5.74) is 1.51. The van der Waals surface area contributed by atoms with Gasteiger partial charge in [-0.15, -0.1) is 0 Å². The molecular formula is C14H10O4. The molecule has 1 aliphatic carbocycles. The summed E-state index contributed by atoms with van der Waals surface area (Å²) in [7, 11) is 1.51. The maximum absolute atomic E-state index is 12.3. The number of benzene rings is 1. The quantitative estimate of drug-likeness (QED) is 0.656. The van der Waals surface area contributed by atoms with E-state index in [9.17, 15) is 9.59 Å². The van der Waals surface area contributed by atoms with Crippen LogP contribution in [0.25, 0.3) is 11.3 Å². The van der Waals surface area contributed by atoms with Gasteiger partial charge in [-0.25, -0.2) is 4.79 Å². The molecule has 0 bridgehead atoms. The van der Waals surface area contributed by atoms with Gasteiger partial charge in [0.2, 0.25) is 5.78 Å². The van der Waals surface area contributed by atoms with Crippen LogP contribution in [0.5, 0.6) is 5.75 Å². The summed E-state index contributed by atoms with van der Waals surface area (Å²) >= 11 is 0. The van der Waals surface area contributed by atoms with Crippen molar-refractivity contribution >= 4 is 5.78 Å². The van der Waals surface area contributed by atoms with Gasteiger partial charge in [-0.1, -0.05) is 12.1 Å². The van der Waals surface area contributed by atoms with Crippen LogP contribution in [0.4, 0.5) is 0 Å². The van der Waals surface area contributed by atoms with Crippen LogP contribution in [0.15, 0.2) is 33.5 Å². The lowest BCUT2D eigenvalue weighted by Gasteiger charge is -2.04. The van der Waals surface area contributed by atoms with Crippen LogP contribution in [-0.2, 0) is 0 Å². The van der Waals surface area contributed by atoms with Crippen LogP contribution < -0.4 is 10.4 Å². The Balaban J connectivity index is 2.39. The van der Waals surface area contributed by atoms with E-state index in [1.54, 1.807) is 31.2 Å². The highest BCUT2D eigenvalue weighted by atomic mass is 16.5. The average Bonchev–Trinajstić information content (AvgIpc) is 2.64. The maximum atomic E-state index is 12.3. The number of fused-ring (bicyclic) bond motifs is 3. The summed E-state index contributed by atoms with van der Waals surface area (Å²) in [5, 5.41) is 0. The third kappa shape index (κ3) is 1.26. The topological polar surface area (TPSA) is 56.5 Å². The Morgan fingerprint density at radius 1 is 1.17 bits per heavy atom. The molecule has 1 aliphatic rings. The number of aryl methyl sites for hydroxylation is 1. The first-order valence-corrected chi connectivity index (χ1v) is 5.50. The van der Waals surface area contributed by atoms with Gasteiger partial charge in [-0.05, 0) is 19.1 Å². The van der Waals surface area contributed by atoms with E-state index in [2.05, 4.69) is 0 Å². The zero-order chi connectivity index (χ0) is 12.9. The van der Waals surface area contributed by atoms with Crippen molar-refractivity contribution in [1.82, 2.24) is 0 Å². The zero-order valence-corrected chi connectivity index (χ0v) is 9.94. The largest absolute Gasteiger partial charge is 0.496 e. The summed E-state index contributed by atoms with van der Waals surface area (Å²) in [4.78, 5) is 23.8. The molecule has 0 unspecified atom stereocenters. The Labute approximate surface area is 103 Å². The minimum Gasteiger partial charge on any atom is -0.496 e. The molecule has 0 spiro atoms. The van der Waals surface area contributed by atoms with Crippen LogP contribution in [0.3, 0.4) is 0 Å². The molecule has 0 atom stereocenters. The molecule has 0 saturated heterocycles. The van der Waals surface area contributed by atoms with Gasteiger partial charge in [0, 0.05) is 11.1 Å². The molecule has 0 saturated carbocycles. The number of hydrogen-bond acceptors (Lipinski definition) is 4. The second-order valence-corrected chi connectivity index (χ2v) is 4.17. The van der Waals surface area contributed by atoms with Gasteiger partial charge < -0.3 is 9.15 Å². The molecule has 0 fully saturated rings. The second-order valence-electron chi connectivity index (χ2n) is 4.17. The lowest BCUT2D eigenvalue weighted by atomic mass is 10.1. The van der Waals surface area contributed by atoms with Crippen LogP contribution in [0, 0.1) is 6.92 Å². The van der Waals surface area contributed by atoms with Crippen LogP contribution in [-0.4, -0.2) is 12.9 Å². The van der Waals surface area contributed by atoms with Crippen molar-refractivity contribution in [3.63, 3.8) is 0 Å². The van der Waals surface area contributed by atoms with E-state index in [-0.39, 0.29) is 5.78 Å². The predicted molar refractivity (Wildman–Crippen MR) is 65.1 cm³/mol. The number of ketones is 1. The van der Waals surface area contributed by atoms with Crippen molar-refractivity contribution in [3.8, 4) is 17.1 Å². The van der Waals surface area contributed by atoms with Gasteiger partial charge in [0.1, 0.15) is 5.75 Å². The molecule has 0 amide bonds. The predicted octanol–water partition coefficient (Wildman–Crippen LogP) is 2.17. The molecule has 4 nitrogen and oxygen atoms in total. The molecule has 2 aromatic rings. The van der Waals surface area contributed by atoms with Crippen molar-refractivity contribution in [2.45, 2.75) is 6.92 Å².